The predicted molar refractivity (Wildman–Crippen MR) is 172 cm³/mol. The highest BCUT2D eigenvalue weighted by Crippen LogP contribution is 2.42. The molecule has 0 bridgehead atoms. The number of hydrogen-bond donors (Lipinski definition) is 2. The normalized spacial score (nSPS) is 13.4. The summed E-state index contributed by atoms with van der Waals surface area (Å²) >= 11 is 0. The van der Waals surface area contributed by atoms with Gasteiger partial charge in [-0.1, -0.05) is 32.6 Å². The molecule has 0 radical (unpaired) electrons. The molecule has 0 unspecified atom stereocenters. The third kappa shape index (κ3) is 5.48. The minimum absolute atomic E-state index is 0.272. The maximum Gasteiger partial charge on any atom is 0.330 e. The third-order valence-electron chi connectivity index (χ3n) is 7.70. The van der Waals surface area contributed by atoms with Crippen molar-refractivity contribution in [2.24, 2.45) is 0 Å². The number of nitrogens with one attached hydrogen (secondary N) is 2. The Morgan fingerprint density at radius 2 is 1.91 bits per heavy atom. The Bertz CT molecular complexity index is 1800. The predicted octanol–water partition coefficient (Wildman–Crippen LogP) is 4.30. The Balaban J connectivity index is 1.50. The van der Waals surface area contributed by atoms with Crippen LogP contribution in [0, 0.1) is 0 Å². The van der Waals surface area contributed by atoms with Gasteiger partial charge in [0, 0.05) is 56.6 Å². The van der Waals surface area contributed by atoms with Crippen molar-refractivity contribution in [2.45, 2.75) is 13.8 Å². The van der Waals surface area contributed by atoms with Gasteiger partial charge < -0.3 is 25.2 Å². The maximum absolute atomic E-state index is 13.0. The minimum Gasteiger partial charge on any atom is -0.494 e. The summed E-state index contributed by atoms with van der Waals surface area (Å²) in [5.74, 6) is 0.458. The van der Waals surface area contributed by atoms with Gasteiger partial charge in [0.05, 0.1) is 41.1 Å². The van der Waals surface area contributed by atoms with Gasteiger partial charge in [0.1, 0.15) is 5.75 Å². The zero-order chi connectivity index (χ0) is 30.9. The molecular weight excluding hydrogens is 568 g/mol. The van der Waals surface area contributed by atoms with Crippen LogP contribution in [0.5, 0.6) is 5.75 Å². The number of amides is 1. The van der Waals surface area contributed by atoms with Gasteiger partial charge in [0.15, 0.2) is 0 Å². The Labute approximate surface area is 251 Å². The number of carbonyl (C=O) groups excluding carboxylic acids is 1. The molecule has 3 heterocycles. The van der Waals surface area contributed by atoms with Crippen LogP contribution in [0.1, 0.15) is 13.8 Å². The number of benzene rings is 2. The lowest BCUT2D eigenvalue weighted by Crippen LogP contribution is -2.33. The van der Waals surface area contributed by atoms with Crippen LogP contribution < -0.4 is 24.6 Å². The smallest absolute Gasteiger partial charge is 0.330 e. The molecule has 1 amide bonds. The minimum atomic E-state index is -3.71. The lowest BCUT2D eigenvalue weighted by Gasteiger charge is -2.27. The largest absolute Gasteiger partial charge is 0.494 e. The first-order chi connectivity index (χ1) is 20.6. The van der Waals surface area contributed by atoms with Gasteiger partial charge in [-0.2, -0.15) is 8.42 Å². The van der Waals surface area contributed by atoms with Crippen LogP contribution in [0.25, 0.3) is 22.2 Å². The van der Waals surface area contributed by atoms with E-state index in [-0.39, 0.29) is 11.9 Å². The molecular formula is C30H36N8O4S. The second kappa shape index (κ2) is 11.9. The van der Waals surface area contributed by atoms with E-state index in [0.29, 0.717) is 39.6 Å². The lowest BCUT2D eigenvalue weighted by molar-refractivity contribution is -0.111. The van der Waals surface area contributed by atoms with Gasteiger partial charge in [0.25, 0.3) is 0 Å². The third-order valence-corrected chi connectivity index (χ3v) is 9.38. The average Bonchev–Trinajstić information content (AvgIpc) is 3.50. The summed E-state index contributed by atoms with van der Waals surface area (Å²) in [7, 11) is 1.37. The lowest BCUT2D eigenvalue weighted by atomic mass is 10.1. The average molecular weight is 605 g/mol. The van der Waals surface area contributed by atoms with E-state index >= 15 is 0 Å². The van der Waals surface area contributed by atoms with Crippen LogP contribution in [-0.4, -0.2) is 80.5 Å². The summed E-state index contributed by atoms with van der Waals surface area (Å²) < 4.78 is 34.3. The molecule has 1 aliphatic rings. The van der Waals surface area contributed by atoms with E-state index in [1.165, 1.54) is 21.4 Å². The second-order valence-corrected chi connectivity index (χ2v) is 11.9. The first-order valence-corrected chi connectivity index (χ1v) is 15.3. The number of nitrogens with zero attached hydrogens (tertiary/aromatic N) is 6. The van der Waals surface area contributed by atoms with E-state index in [0.717, 1.165) is 37.3 Å². The van der Waals surface area contributed by atoms with Crippen molar-refractivity contribution < 1.29 is 17.9 Å². The van der Waals surface area contributed by atoms with Crippen LogP contribution >= 0.6 is 0 Å². The zero-order valence-corrected chi connectivity index (χ0v) is 25.8. The molecule has 2 aromatic carbocycles. The Morgan fingerprint density at radius 3 is 2.60 bits per heavy atom. The van der Waals surface area contributed by atoms with Crippen LogP contribution in [0.2, 0.25) is 0 Å². The first kappa shape index (κ1) is 29.9. The summed E-state index contributed by atoms with van der Waals surface area (Å²) in [4.78, 5) is 25.9. The monoisotopic (exact) mass is 604 g/mol. The van der Waals surface area contributed by atoms with Crippen LogP contribution in [0.3, 0.4) is 0 Å². The second-order valence-electron chi connectivity index (χ2n) is 10.1. The molecule has 0 saturated heterocycles. The highest BCUT2D eigenvalue weighted by molar-refractivity contribution is 7.91. The van der Waals surface area contributed by atoms with Crippen molar-refractivity contribution in [3.8, 4) is 17.0 Å². The molecule has 226 valence electrons. The number of anilines is 5. The highest BCUT2D eigenvalue weighted by atomic mass is 32.2. The fourth-order valence-corrected chi connectivity index (χ4v) is 6.53. The summed E-state index contributed by atoms with van der Waals surface area (Å²) in [6.07, 6.45) is 4.41. The molecule has 0 atom stereocenters. The number of para-hydroxylation sites is 1. The van der Waals surface area contributed by atoms with Crippen molar-refractivity contribution in [2.75, 3.05) is 67.2 Å². The number of rotatable bonds is 12. The van der Waals surface area contributed by atoms with E-state index in [2.05, 4.69) is 45.8 Å². The fourth-order valence-electron chi connectivity index (χ4n) is 5.20. The van der Waals surface area contributed by atoms with Gasteiger partial charge in [-0.15, -0.1) is 0 Å². The molecule has 2 aromatic heterocycles. The summed E-state index contributed by atoms with van der Waals surface area (Å²) in [5.41, 5.74) is 4.31. The molecule has 5 rings (SSSR count). The Hall–Kier alpha value is -4.62. The Kier molecular flexibility index (Phi) is 8.29. The van der Waals surface area contributed by atoms with Crippen molar-refractivity contribution in [1.82, 2.24) is 18.8 Å². The van der Waals surface area contributed by atoms with Gasteiger partial charge in [-0.3, -0.25) is 9.10 Å². The van der Waals surface area contributed by atoms with Gasteiger partial charge in [-0.25, -0.2) is 13.9 Å². The number of carbonyl (C=O) groups is 1. The molecule has 13 heteroatoms. The molecule has 1 aliphatic heterocycles. The summed E-state index contributed by atoms with van der Waals surface area (Å²) in [6, 6.07) is 10.8. The number of hydrogen-bond acceptors (Lipinski definition) is 9. The molecule has 0 saturated carbocycles. The highest BCUT2D eigenvalue weighted by Gasteiger charge is 2.34. The molecule has 43 heavy (non-hydrogen) atoms. The van der Waals surface area contributed by atoms with Gasteiger partial charge >= 0.3 is 10.2 Å². The van der Waals surface area contributed by atoms with Gasteiger partial charge in [-0.05, 0) is 37.4 Å². The molecule has 12 nitrogen and oxygen atoms in total. The van der Waals surface area contributed by atoms with E-state index in [1.54, 1.807) is 37.7 Å². The van der Waals surface area contributed by atoms with Gasteiger partial charge in [0.2, 0.25) is 11.9 Å². The summed E-state index contributed by atoms with van der Waals surface area (Å²) in [5, 5.41) is 6.89. The van der Waals surface area contributed by atoms with Crippen molar-refractivity contribution in [3.05, 3.63) is 61.4 Å². The molecule has 2 N–H and O–H groups in total. The van der Waals surface area contributed by atoms with Crippen molar-refractivity contribution in [1.29, 1.82) is 0 Å². The van der Waals surface area contributed by atoms with E-state index < -0.39 is 10.2 Å². The quantitative estimate of drug-likeness (QED) is 0.228. The number of methoxy groups -OCH3 is 1. The molecule has 4 aromatic rings. The van der Waals surface area contributed by atoms with Crippen LogP contribution in [-0.2, 0) is 15.0 Å². The van der Waals surface area contributed by atoms with Crippen molar-refractivity contribution in [3.63, 3.8) is 0 Å². The van der Waals surface area contributed by atoms with E-state index in [1.807, 2.05) is 25.2 Å². The number of likely N-dealkylation sites (N-methyl/N-ethyl adjacent to an activating group) is 2. The SMILES string of the molecule is C=CC(=O)Nc1cc(Nc2nccc(-c3cn4c5c(cccc35)N(C)S4(=O)=O)n2)c(OC)cc1N(C)CCN(CC)CC. The van der Waals surface area contributed by atoms with Crippen LogP contribution in [0.4, 0.5) is 28.7 Å². The molecule has 0 spiro atoms. The zero-order valence-electron chi connectivity index (χ0n) is 25.0. The maximum atomic E-state index is 13.0. The Morgan fingerprint density at radius 1 is 1.14 bits per heavy atom. The number of ether oxygens (including phenoxy) is 1. The number of aromatic nitrogens is 3. The van der Waals surface area contributed by atoms with E-state index in [4.69, 9.17) is 9.72 Å². The molecule has 0 fully saturated rings. The van der Waals surface area contributed by atoms with E-state index in [9.17, 15) is 13.2 Å². The summed E-state index contributed by atoms with van der Waals surface area (Å²) in [6.45, 7) is 11.3. The molecule has 0 aliphatic carbocycles. The van der Waals surface area contributed by atoms with Crippen LogP contribution in [0.15, 0.2) is 61.4 Å². The first-order valence-electron chi connectivity index (χ1n) is 14.0. The standard InChI is InChI=1S/C30H36N8O4S/c1-7-28(39)32-23-17-24(27(42-6)18-26(23)35(4)15-16-37(8-2)9-3)34-30-31-14-13-22(33-30)21-19-38-29-20(21)11-10-12-25(29)36(5)43(38,40)41/h7,10-14,17-19H,1,8-9,15-16H2,2-6H3,(H,32,39)(H,31,33,34). The topological polar surface area (TPSA) is 125 Å². The van der Waals surface area contributed by atoms with Crippen molar-refractivity contribution >= 4 is 55.7 Å². The fraction of sp³-hybridized carbons (Fsp3) is 0.300.